The highest BCUT2D eigenvalue weighted by atomic mass is 35.5. The van der Waals surface area contributed by atoms with E-state index in [4.69, 9.17) is 21.4 Å². The van der Waals surface area contributed by atoms with E-state index >= 15 is 0 Å². The first kappa shape index (κ1) is 13.2. The number of aromatic nitrogens is 2. The number of aliphatic hydroxyl groups is 3. The third-order valence-corrected chi connectivity index (χ3v) is 2.98. The molecule has 0 amide bonds. The van der Waals surface area contributed by atoms with E-state index in [9.17, 15) is 19.8 Å². The quantitative estimate of drug-likeness (QED) is 0.487. The van der Waals surface area contributed by atoms with E-state index in [0.29, 0.717) is 0 Å². The fourth-order valence-corrected chi connectivity index (χ4v) is 1.91. The van der Waals surface area contributed by atoms with Crippen LogP contribution in [0.4, 0.5) is 0 Å². The fourth-order valence-electron chi connectivity index (χ4n) is 1.76. The largest absolute Gasteiger partial charge is 0.394 e. The van der Waals surface area contributed by atoms with Gasteiger partial charge in [-0.2, -0.15) is 0 Å². The predicted octanol–water partition coefficient (Wildman–Crippen LogP) is -2.20. The SMILES string of the molecule is O=c1[nH]c(=O)n([C@H]2O[C@@H](CO)[C@H](O)[C@@H]2O)cc1Cl. The van der Waals surface area contributed by atoms with Gasteiger partial charge >= 0.3 is 5.69 Å². The van der Waals surface area contributed by atoms with Crippen LogP contribution in [0, 0.1) is 0 Å². The summed E-state index contributed by atoms with van der Waals surface area (Å²) in [5.41, 5.74) is -1.59. The second kappa shape index (κ2) is 4.82. The minimum Gasteiger partial charge on any atom is -0.394 e. The van der Waals surface area contributed by atoms with Crippen LogP contribution in [0.2, 0.25) is 5.02 Å². The molecule has 2 rings (SSSR count). The summed E-state index contributed by atoms with van der Waals surface area (Å²) in [5, 5.41) is 27.9. The summed E-state index contributed by atoms with van der Waals surface area (Å²) in [6.45, 7) is -0.513. The van der Waals surface area contributed by atoms with Gasteiger partial charge in [0.25, 0.3) is 5.56 Å². The molecule has 1 aromatic rings. The van der Waals surface area contributed by atoms with Crippen LogP contribution in [0.15, 0.2) is 15.8 Å². The Morgan fingerprint density at radius 2 is 2.06 bits per heavy atom. The maximum absolute atomic E-state index is 11.5. The third-order valence-electron chi connectivity index (χ3n) is 2.72. The summed E-state index contributed by atoms with van der Waals surface area (Å²) in [7, 11) is 0. The lowest BCUT2D eigenvalue weighted by Gasteiger charge is -2.17. The summed E-state index contributed by atoms with van der Waals surface area (Å²) >= 11 is 5.57. The van der Waals surface area contributed by atoms with Gasteiger partial charge < -0.3 is 20.1 Å². The molecular formula is C9H11ClN2O6. The first-order valence-electron chi connectivity index (χ1n) is 5.09. The number of nitrogens with zero attached hydrogens (tertiary/aromatic N) is 1. The molecule has 4 atom stereocenters. The van der Waals surface area contributed by atoms with E-state index in [1.807, 2.05) is 4.98 Å². The summed E-state index contributed by atoms with van der Waals surface area (Å²) in [6, 6.07) is 0. The van der Waals surface area contributed by atoms with Crippen LogP contribution in [0.5, 0.6) is 0 Å². The van der Waals surface area contributed by atoms with E-state index in [1.54, 1.807) is 0 Å². The first-order chi connectivity index (χ1) is 8.45. The number of halogens is 1. The number of aromatic amines is 1. The number of rotatable bonds is 2. The number of nitrogens with one attached hydrogen (secondary N) is 1. The Hall–Kier alpha value is -1.19. The van der Waals surface area contributed by atoms with Crippen molar-refractivity contribution in [3.05, 3.63) is 32.1 Å². The van der Waals surface area contributed by atoms with Crippen molar-refractivity contribution in [1.82, 2.24) is 9.55 Å². The van der Waals surface area contributed by atoms with Gasteiger partial charge in [-0.05, 0) is 0 Å². The number of hydrogen-bond donors (Lipinski definition) is 4. The van der Waals surface area contributed by atoms with E-state index in [2.05, 4.69) is 0 Å². The molecule has 1 aliphatic heterocycles. The molecule has 0 radical (unpaired) electrons. The van der Waals surface area contributed by atoms with Crippen LogP contribution in [-0.4, -0.2) is 49.8 Å². The summed E-state index contributed by atoms with van der Waals surface area (Å²) in [6.07, 6.45) is -3.98. The van der Waals surface area contributed by atoms with E-state index < -0.39 is 42.4 Å². The molecule has 1 aliphatic rings. The van der Waals surface area contributed by atoms with Crippen LogP contribution >= 0.6 is 11.6 Å². The lowest BCUT2D eigenvalue weighted by molar-refractivity contribution is -0.0550. The van der Waals surface area contributed by atoms with Crippen molar-refractivity contribution in [2.24, 2.45) is 0 Å². The van der Waals surface area contributed by atoms with E-state index in [1.165, 1.54) is 0 Å². The number of aliphatic hydroxyl groups excluding tert-OH is 3. The molecule has 1 fully saturated rings. The van der Waals surface area contributed by atoms with Gasteiger partial charge in [0.15, 0.2) is 6.23 Å². The zero-order chi connectivity index (χ0) is 13.4. The lowest BCUT2D eigenvalue weighted by Crippen LogP contribution is -2.38. The van der Waals surface area contributed by atoms with Gasteiger partial charge in [-0.1, -0.05) is 11.6 Å². The van der Waals surface area contributed by atoms with E-state index in [-0.39, 0.29) is 5.02 Å². The molecule has 9 heteroatoms. The first-order valence-corrected chi connectivity index (χ1v) is 5.47. The molecule has 18 heavy (non-hydrogen) atoms. The van der Waals surface area contributed by atoms with Crippen molar-refractivity contribution in [3.63, 3.8) is 0 Å². The number of hydrogen-bond acceptors (Lipinski definition) is 6. The monoisotopic (exact) mass is 278 g/mol. The Balaban J connectivity index is 2.42. The maximum atomic E-state index is 11.5. The van der Waals surface area contributed by atoms with Gasteiger partial charge in [0.1, 0.15) is 23.3 Å². The number of ether oxygens (including phenoxy) is 1. The minimum atomic E-state index is -1.41. The average molecular weight is 279 g/mol. The average Bonchev–Trinajstić information content (AvgIpc) is 2.61. The molecule has 0 bridgehead atoms. The zero-order valence-electron chi connectivity index (χ0n) is 8.99. The van der Waals surface area contributed by atoms with Gasteiger partial charge in [-0.3, -0.25) is 14.3 Å². The standard InChI is InChI=1S/C9H11ClN2O6/c10-3-1-12(9(17)11-7(3)16)8-6(15)5(14)4(2-13)18-8/h1,4-6,8,13-15H,2H2,(H,11,16,17)/t4-,5-,6-,8-/m0/s1. The molecule has 100 valence electrons. The smallest absolute Gasteiger partial charge is 0.330 e. The summed E-state index contributed by atoms with van der Waals surface area (Å²) in [5.74, 6) is 0. The third kappa shape index (κ3) is 2.08. The van der Waals surface area contributed by atoms with Crippen molar-refractivity contribution in [2.75, 3.05) is 6.61 Å². The molecule has 0 aliphatic carbocycles. The second-order valence-electron chi connectivity index (χ2n) is 3.87. The van der Waals surface area contributed by atoms with E-state index in [0.717, 1.165) is 10.8 Å². The predicted molar refractivity (Wildman–Crippen MR) is 59.3 cm³/mol. The zero-order valence-corrected chi connectivity index (χ0v) is 9.74. The molecular weight excluding hydrogens is 268 g/mol. The topological polar surface area (TPSA) is 125 Å². The van der Waals surface area contributed by atoms with Crippen LogP contribution in [-0.2, 0) is 4.74 Å². The Bertz CT molecular complexity index is 555. The van der Waals surface area contributed by atoms with Crippen molar-refractivity contribution in [1.29, 1.82) is 0 Å². The molecule has 0 aromatic carbocycles. The molecule has 2 heterocycles. The van der Waals surface area contributed by atoms with Crippen molar-refractivity contribution < 1.29 is 20.1 Å². The fraction of sp³-hybridized carbons (Fsp3) is 0.556. The highest BCUT2D eigenvalue weighted by Gasteiger charge is 2.43. The Kier molecular flexibility index (Phi) is 3.55. The highest BCUT2D eigenvalue weighted by Crippen LogP contribution is 2.28. The van der Waals surface area contributed by atoms with Gasteiger partial charge in [0, 0.05) is 6.20 Å². The molecule has 8 nitrogen and oxygen atoms in total. The summed E-state index contributed by atoms with van der Waals surface area (Å²) < 4.78 is 5.98. The van der Waals surface area contributed by atoms with Gasteiger partial charge in [0.05, 0.1) is 6.61 Å². The molecule has 1 saturated heterocycles. The second-order valence-corrected chi connectivity index (χ2v) is 4.28. The van der Waals surface area contributed by atoms with Gasteiger partial charge in [-0.15, -0.1) is 0 Å². The lowest BCUT2D eigenvalue weighted by atomic mass is 10.1. The van der Waals surface area contributed by atoms with Crippen LogP contribution in [0.3, 0.4) is 0 Å². The maximum Gasteiger partial charge on any atom is 0.330 e. The van der Waals surface area contributed by atoms with Gasteiger partial charge in [0.2, 0.25) is 0 Å². The molecule has 0 unspecified atom stereocenters. The Morgan fingerprint density at radius 3 is 2.61 bits per heavy atom. The van der Waals surface area contributed by atoms with Crippen molar-refractivity contribution >= 4 is 11.6 Å². The molecule has 0 spiro atoms. The van der Waals surface area contributed by atoms with Gasteiger partial charge in [-0.25, -0.2) is 4.79 Å². The van der Waals surface area contributed by atoms with Crippen molar-refractivity contribution in [3.8, 4) is 0 Å². The minimum absolute atomic E-state index is 0.257. The Labute approximate surface area is 105 Å². The molecule has 1 aromatic heterocycles. The Morgan fingerprint density at radius 1 is 1.39 bits per heavy atom. The van der Waals surface area contributed by atoms with Crippen LogP contribution in [0.1, 0.15) is 6.23 Å². The highest BCUT2D eigenvalue weighted by molar-refractivity contribution is 6.30. The van der Waals surface area contributed by atoms with Crippen LogP contribution < -0.4 is 11.2 Å². The molecule has 0 saturated carbocycles. The normalized spacial score (nSPS) is 31.8. The van der Waals surface area contributed by atoms with Crippen LogP contribution in [0.25, 0.3) is 0 Å². The van der Waals surface area contributed by atoms with Crippen molar-refractivity contribution in [2.45, 2.75) is 24.5 Å². The summed E-state index contributed by atoms with van der Waals surface area (Å²) in [4.78, 5) is 24.6. The number of H-pyrrole nitrogens is 1. The molecule has 4 N–H and O–H groups in total.